The number of rotatable bonds is 2. The van der Waals surface area contributed by atoms with Gasteiger partial charge in [0, 0.05) is 12.0 Å². The Balaban J connectivity index is 0.00000180. The van der Waals surface area contributed by atoms with E-state index in [0.29, 0.717) is 25.2 Å². The maximum Gasteiger partial charge on any atom is 0.341 e. The summed E-state index contributed by atoms with van der Waals surface area (Å²) in [5.74, 6) is -0.208. The van der Waals surface area contributed by atoms with Crippen LogP contribution in [0.1, 0.15) is 42.4 Å². The van der Waals surface area contributed by atoms with E-state index in [1.54, 1.807) is 13.0 Å². The zero-order valence-corrected chi connectivity index (χ0v) is 12.1. The molecule has 2 N–H and O–H groups in total. The van der Waals surface area contributed by atoms with E-state index < -0.39 is 5.97 Å². The third kappa shape index (κ3) is 3.36. The molecule has 0 aromatic carbocycles. The summed E-state index contributed by atoms with van der Waals surface area (Å²) in [6.45, 7) is 6.53. The molecule has 2 heterocycles. The summed E-state index contributed by atoms with van der Waals surface area (Å²) >= 11 is 0. The number of aromatic nitrogens is 1. The Morgan fingerprint density at radius 2 is 2.26 bits per heavy atom. The van der Waals surface area contributed by atoms with Crippen LogP contribution in [0.3, 0.4) is 0 Å². The average Bonchev–Trinajstić information content (AvgIpc) is 2.27. The number of carbonyl (C=O) groups excluding carboxylic acids is 1. The van der Waals surface area contributed by atoms with E-state index in [1.165, 1.54) is 0 Å². The molecule has 0 saturated heterocycles. The maximum absolute atomic E-state index is 11.7. The Hall–Kier alpha value is -1.33. The number of carbonyl (C=O) groups is 1. The number of nitrogens with two attached hydrogens (primary N) is 1. The highest BCUT2D eigenvalue weighted by Gasteiger charge is 2.28. The third-order valence-corrected chi connectivity index (χ3v) is 2.93. The average molecular weight is 286 g/mol. The van der Waals surface area contributed by atoms with Crippen molar-refractivity contribution in [3.63, 3.8) is 0 Å². The summed E-state index contributed by atoms with van der Waals surface area (Å²) in [4.78, 5) is 16.0. The van der Waals surface area contributed by atoms with E-state index in [2.05, 4.69) is 4.98 Å². The van der Waals surface area contributed by atoms with Gasteiger partial charge in [-0.05, 0) is 26.8 Å². The van der Waals surface area contributed by atoms with Crippen molar-refractivity contribution in [3.8, 4) is 0 Å². The van der Waals surface area contributed by atoms with Crippen molar-refractivity contribution >= 4 is 11.8 Å². The fraction of sp³-hybridized carbons (Fsp3) is 0.538. The number of anilines is 1. The van der Waals surface area contributed by atoms with Crippen molar-refractivity contribution in [1.82, 2.24) is 4.98 Å². The highest BCUT2D eigenvalue weighted by molar-refractivity contribution is 5.94. The molecule has 0 amide bonds. The first-order valence-corrected chi connectivity index (χ1v) is 6.02. The fourth-order valence-corrected chi connectivity index (χ4v) is 1.99. The molecule has 6 heteroatoms. The first-order chi connectivity index (χ1) is 8.43. The lowest BCUT2D eigenvalue weighted by Gasteiger charge is -2.31. The van der Waals surface area contributed by atoms with Crippen LogP contribution >= 0.6 is 0 Å². The van der Waals surface area contributed by atoms with Crippen molar-refractivity contribution in [2.45, 2.75) is 39.4 Å². The zero-order valence-electron chi connectivity index (χ0n) is 11.3. The third-order valence-electron chi connectivity index (χ3n) is 2.93. The number of ether oxygens (including phenoxy) is 2. The van der Waals surface area contributed by atoms with E-state index in [9.17, 15) is 4.79 Å². The molecule has 106 valence electrons. The molecule has 1 aromatic rings. The molecule has 0 spiro atoms. The van der Waals surface area contributed by atoms with E-state index in [1.807, 2.05) is 13.8 Å². The number of fused-ring (bicyclic) bond motifs is 1. The molecule has 0 unspecified atom stereocenters. The van der Waals surface area contributed by atoms with Crippen LogP contribution in [0.15, 0.2) is 6.07 Å². The first kappa shape index (κ1) is 15.7. The van der Waals surface area contributed by atoms with Gasteiger partial charge in [0.25, 0.3) is 0 Å². The largest absolute Gasteiger partial charge is 1.00 e. The number of hydrogen-bond donors (Lipinski definition) is 1. The molecule has 0 bridgehead atoms. The second kappa shape index (κ2) is 5.75. The van der Waals surface area contributed by atoms with Gasteiger partial charge in [0.1, 0.15) is 11.4 Å². The molecular formula is C13H18ClN2O3-. The Morgan fingerprint density at radius 1 is 1.58 bits per heavy atom. The summed E-state index contributed by atoms with van der Waals surface area (Å²) in [5, 5.41) is 0. The second-order valence-corrected chi connectivity index (χ2v) is 4.97. The second-order valence-electron chi connectivity index (χ2n) is 4.97. The number of esters is 1. The van der Waals surface area contributed by atoms with Crippen LogP contribution in [-0.2, 0) is 22.5 Å². The molecule has 2 rings (SSSR count). The van der Waals surface area contributed by atoms with E-state index in [4.69, 9.17) is 15.2 Å². The highest BCUT2D eigenvalue weighted by atomic mass is 35.5. The molecule has 0 atom stereocenters. The molecule has 0 saturated carbocycles. The van der Waals surface area contributed by atoms with Crippen molar-refractivity contribution < 1.29 is 26.7 Å². The van der Waals surface area contributed by atoms with Crippen LogP contribution in [-0.4, -0.2) is 23.2 Å². The van der Waals surface area contributed by atoms with Gasteiger partial charge in [-0.3, -0.25) is 0 Å². The molecule has 5 nitrogen and oxygen atoms in total. The number of nitrogens with zero attached hydrogens (tertiary/aromatic N) is 1. The van der Waals surface area contributed by atoms with Crippen LogP contribution in [0.4, 0.5) is 5.82 Å². The number of nitrogen functional groups attached to an aromatic ring is 1. The normalized spacial score (nSPS) is 16.2. The summed E-state index contributed by atoms with van der Waals surface area (Å²) in [6, 6.07) is 1.73. The van der Waals surface area contributed by atoms with Gasteiger partial charge in [0.05, 0.1) is 24.5 Å². The van der Waals surface area contributed by atoms with Gasteiger partial charge in [0.2, 0.25) is 0 Å². The monoisotopic (exact) mass is 285 g/mol. The number of pyridine rings is 1. The lowest BCUT2D eigenvalue weighted by Crippen LogP contribution is -3.00. The number of hydrogen-bond acceptors (Lipinski definition) is 5. The molecule has 1 aromatic heterocycles. The van der Waals surface area contributed by atoms with Gasteiger partial charge in [-0.2, -0.15) is 0 Å². The van der Waals surface area contributed by atoms with Crippen LogP contribution in [0.5, 0.6) is 0 Å². The van der Waals surface area contributed by atoms with Crippen molar-refractivity contribution in [2.75, 3.05) is 12.3 Å². The SMILES string of the molecule is CCOC(=O)c1cc2c(nc1N)CC(C)(C)OC2.[Cl-]. The smallest absolute Gasteiger partial charge is 0.341 e. The highest BCUT2D eigenvalue weighted by Crippen LogP contribution is 2.28. The lowest BCUT2D eigenvalue weighted by molar-refractivity contribution is -0.0412. The summed E-state index contributed by atoms with van der Waals surface area (Å²) in [7, 11) is 0. The zero-order chi connectivity index (χ0) is 13.3. The Labute approximate surface area is 118 Å². The summed E-state index contributed by atoms with van der Waals surface area (Å²) < 4.78 is 10.6. The first-order valence-electron chi connectivity index (χ1n) is 6.02. The standard InChI is InChI=1S/C13H18N2O3.ClH/c1-4-17-12(16)9-5-8-7-18-13(2,3)6-10(8)15-11(9)14;/h5H,4,6-7H2,1-3H3,(H2,14,15);1H/p-1. The van der Waals surface area contributed by atoms with Crippen LogP contribution < -0.4 is 18.1 Å². The van der Waals surface area contributed by atoms with Crippen LogP contribution in [0, 0.1) is 0 Å². The maximum atomic E-state index is 11.7. The molecule has 19 heavy (non-hydrogen) atoms. The van der Waals surface area contributed by atoms with Crippen LogP contribution in [0.2, 0.25) is 0 Å². The Morgan fingerprint density at radius 3 is 2.89 bits per heavy atom. The predicted molar refractivity (Wildman–Crippen MR) is 67.2 cm³/mol. The molecule has 1 aliphatic heterocycles. The van der Waals surface area contributed by atoms with Crippen molar-refractivity contribution in [1.29, 1.82) is 0 Å². The Kier molecular flexibility index (Phi) is 4.76. The van der Waals surface area contributed by atoms with Crippen molar-refractivity contribution in [3.05, 3.63) is 22.9 Å². The molecule has 1 aliphatic rings. The Bertz CT molecular complexity index is 489. The minimum atomic E-state index is -0.435. The number of halogens is 1. The predicted octanol–water partition coefficient (Wildman–Crippen LogP) is -1.30. The molecule has 0 fully saturated rings. The van der Waals surface area contributed by atoms with Gasteiger partial charge in [-0.15, -0.1) is 0 Å². The van der Waals surface area contributed by atoms with E-state index in [0.717, 1.165) is 11.3 Å². The summed E-state index contributed by atoms with van der Waals surface area (Å²) in [6.07, 6.45) is 0.690. The van der Waals surface area contributed by atoms with Gasteiger partial charge in [-0.1, -0.05) is 0 Å². The topological polar surface area (TPSA) is 74.4 Å². The van der Waals surface area contributed by atoms with E-state index >= 15 is 0 Å². The molecule has 0 aliphatic carbocycles. The minimum absolute atomic E-state index is 0. The fourth-order valence-electron chi connectivity index (χ4n) is 1.99. The van der Waals surface area contributed by atoms with Gasteiger partial charge < -0.3 is 27.6 Å². The van der Waals surface area contributed by atoms with Crippen LogP contribution in [0.25, 0.3) is 0 Å². The quantitative estimate of drug-likeness (QED) is 0.684. The molecular weight excluding hydrogens is 268 g/mol. The minimum Gasteiger partial charge on any atom is -1.00 e. The lowest BCUT2D eigenvalue weighted by atomic mass is 9.95. The van der Waals surface area contributed by atoms with Gasteiger partial charge in [0.15, 0.2) is 0 Å². The molecule has 0 radical (unpaired) electrons. The van der Waals surface area contributed by atoms with Gasteiger partial charge in [-0.25, -0.2) is 9.78 Å². The van der Waals surface area contributed by atoms with Crippen molar-refractivity contribution in [2.24, 2.45) is 0 Å². The summed E-state index contributed by atoms with van der Waals surface area (Å²) in [5.41, 5.74) is 7.70. The van der Waals surface area contributed by atoms with Gasteiger partial charge >= 0.3 is 5.97 Å². The van der Waals surface area contributed by atoms with E-state index in [-0.39, 0.29) is 23.8 Å².